The third-order valence-corrected chi connectivity index (χ3v) is 3.75. The van der Waals surface area contributed by atoms with Crippen molar-refractivity contribution < 1.29 is 4.39 Å². The van der Waals surface area contributed by atoms with Crippen LogP contribution in [0.4, 0.5) is 10.1 Å². The Bertz CT molecular complexity index is 351. The number of halogens is 1. The van der Waals surface area contributed by atoms with Crippen LogP contribution in [0.15, 0.2) is 18.2 Å². The SMILES string of the molecule is NCCc1cc(F)ccc1N1CCSCC1. The fraction of sp³-hybridized carbons (Fsp3) is 0.500. The van der Waals surface area contributed by atoms with Gasteiger partial charge in [-0.1, -0.05) is 0 Å². The first-order valence-corrected chi connectivity index (χ1v) is 6.78. The zero-order valence-electron chi connectivity index (χ0n) is 9.29. The molecule has 0 radical (unpaired) electrons. The number of hydrogen-bond donors (Lipinski definition) is 1. The number of thioether (sulfide) groups is 1. The first kappa shape index (κ1) is 11.7. The maximum atomic E-state index is 13.2. The van der Waals surface area contributed by atoms with E-state index in [9.17, 15) is 4.39 Å². The summed E-state index contributed by atoms with van der Waals surface area (Å²) >= 11 is 1.98. The Labute approximate surface area is 100 Å². The molecule has 16 heavy (non-hydrogen) atoms. The highest BCUT2D eigenvalue weighted by molar-refractivity contribution is 7.99. The summed E-state index contributed by atoms with van der Waals surface area (Å²) in [6.07, 6.45) is 0.747. The van der Waals surface area contributed by atoms with Crippen LogP contribution in [0.5, 0.6) is 0 Å². The number of hydrogen-bond acceptors (Lipinski definition) is 3. The third-order valence-electron chi connectivity index (χ3n) is 2.81. The molecular weight excluding hydrogens is 223 g/mol. The second-order valence-electron chi connectivity index (χ2n) is 3.91. The molecule has 0 atom stereocenters. The Balaban J connectivity index is 2.23. The van der Waals surface area contributed by atoms with Crippen molar-refractivity contribution in [2.75, 3.05) is 36.0 Å². The van der Waals surface area contributed by atoms with E-state index in [-0.39, 0.29) is 5.82 Å². The summed E-state index contributed by atoms with van der Waals surface area (Å²) in [5.41, 5.74) is 7.76. The Morgan fingerprint density at radius 3 is 2.75 bits per heavy atom. The summed E-state index contributed by atoms with van der Waals surface area (Å²) in [5, 5.41) is 0. The van der Waals surface area contributed by atoms with Gasteiger partial charge in [-0.15, -0.1) is 0 Å². The van der Waals surface area contributed by atoms with E-state index in [1.807, 2.05) is 17.8 Å². The van der Waals surface area contributed by atoms with Gasteiger partial charge in [-0.05, 0) is 36.7 Å². The van der Waals surface area contributed by atoms with Crippen molar-refractivity contribution in [3.63, 3.8) is 0 Å². The summed E-state index contributed by atoms with van der Waals surface area (Å²) in [6.45, 7) is 2.67. The van der Waals surface area contributed by atoms with Gasteiger partial charge in [0.2, 0.25) is 0 Å². The average Bonchev–Trinajstić information content (AvgIpc) is 2.31. The van der Waals surface area contributed by atoms with Crippen LogP contribution in [0, 0.1) is 5.82 Å². The lowest BCUT2D eigenvalue weighted by Gasteiger charge is -2.30. The maximum Gasteiger partial charge on any atom is 0.123 e. The Morgan fingerprint density at radius 1 is 1.31 bits per heavy atom. The molecule has 1 heterocycles. The smallest absolute Gasteiger partial charge is 0.123 e. The van der Waals surface area contributed by atoms with E-state index < -0.39 is 0 Å². The van der Waals surface area contributed by atoms with Crippen LogP contribution >= 0.6 is 11.8 Å². The molecule has 88 valence electrons. The molecule has 0 aromatic heterocycles. The second kappa shape index (κ2) is 5.55. The first-order chi connectivity index (χ1) is 7.81. The molecule has 2 nitrogen and oxygen atoms in total. The van der Waals surface area contributed by atoms with E-state index in [4.69, 9.17) is 5.73 Å². The quantitative estimate of drug-likeness (QED) is 0.874. The summed E-state index contributed by atoms with van der Waals surface area (Å²) in [6, 6.07) is 5.04. The fourth-order valence-corrected chi connectivity index (χ4v) is 2.93. The molecule has 0 saturated carbocycles. The van der Waals surface area contributed by atoms with Crippen LogP contribution in [-0.4, -0.2) is 31.1 Å². The van der Waals surface area contributed by atoms with Crippen molar-refractivity contribution in [2.24, 2.45) is 5.73 Å². The second-order valence-corrected chi connectivity index (χ2v) is 5.14. The van der Waals surface area contributed by atoms with Crippen LogP contribution in [0.2, 0.25) is 0 Å². The van der Waals surface area contributed by atoms with Crippen molar-refractivity contribution in [1.29, 1.82) is 0 Å². The molecule has 1 aliphatic heterocycles. The van der Waals surface area contributed by atoms with Crippen LogP contribution in [0.25, 0.3) is 0 Å². The molecule has 1 aliphatic rings. The van der Waals surface area contributed by atoms with Crippen LogP contribution in [-0.2, 0) is 6.42 Å². The van der Waals surface area contributed by atoms with Crippen molar-refractivity contribution in [2.45, 2.75) is 6.42 Å². The molecule has 4 heteroatoms. The highest BCUT2D eigenvalue weighted by Crippen LogP contribution is 2.24. The first-order valence-electron chi connectivity index (χ1n) is 5.62. The number of nitrogens with zero attached hydrogens (tertiary/aromatic N) is 1. The van der Waals surface area contributed by atoms with E-state index in [1.165, 1.54) is 6.07 Å². The van der Waals surface area contributed by atoms with Crippen molar-refractivity contribution in [1.82, 2.24) is 0 Å². The van der Waals surface area contributed by atoms with Crippen molar-refractivity contribution in [3.8, 4) is 0 Å². The molecule has 0 unspecified atom stereocenters. The molecule has 1 aromatic rings. The van der Waals surface area contributed by atoms with Gasteiger partial charge in [0.15, 0.2) is 0 Å². The lowest BCUT2D eigenvalue weighted by atomic mass is 10.1. The van der Waals surface area contributed by atoms with Gasteiger partial charge < -0.3 is 10.6 Å². The zero-order valence-corrected chi connectivity index (χ0v) is 10.1. The van der Waals surface area contributed by atoms with Crippen LogP contribution in [0.3, 0.4) is 0 Å². The van der Waals surface area contributed by atoms with E-state index in [0.29, 0.717) is 6.54 Å². The third kappa shape index (κ3) is 2.68. The van der Waals surface area contributed by atoms with E-state index >= 15 is 0 Å². The monoisotopic (exact) mass is 240 g/mol. The molecule has 0 bridgehead atoms. The number of benzene rings is 1. The predicted molar refractivity (Wildman–Crippen MR) is 68.7 cm³/mol. The van der Waals surface area contributed by atoms with Crippen molar-refractivity contribution >= 4 is 17.4 Å². The molecule has 0 spiro atoms. The van der Waals surface area contributed by atoms with Gasteiger partial charge in [0.05, 0.1) is 0 Å². The average molecular weight is 240 g/mol. The number of nitrogens with two attached hydrogens (primary N) is 1. The topological polar surface area (TPSA) is 29.3 Å². The van der Waals surface area contributed by atoms with Gasteiger partial charge in [0.25, 0.3) is 0 Å². The standard InChI is InChI=1S/C12H17FN2S/c13-11-1-2-12(10(9-11)3-4-14)15-5-7-16-8-6-15/h1-2,9H,3-8,14H2. The van der Waals surface area contributed by atoms with E-state index in [0.717, 1.165) is 42.3 Å². The van der Waals surface area contributed by atoms with Gasteiger partial charge in [-0.25, -0.2) is 4.39 Å². The van der Waals surface area contributed by atoms with Gasteiger partial charge in [-0.2, -0.15) is 11.8 Å². The molecule has 0 amide bonds. The van der Waals surface area contributed by atoms with Gasteiger partial charge in [0, 0.05) is 30.3 Å². The summed E-state index contributed by atoms with van der Waals surface area (Å²) in [7, 11) is 0. The highest BCUT2D eigenvalue weighted by atomic mass is 32.2. The zero-order chi connectivity index (χ0) is 11.4. The normalized spacial score (nSPS) is 16.5. The maximum absolute atomic E-state index is 13.2. The van der Waals surface area contributed by atoms with E-state index in [2.05, 4.69) is 4.90 Å². The molecule has 0 aliphatic carbocycles. The Kier molecular flexibility index (Phi) is 4.07. The van der Waals surface area contributed by atoms with Crippen molar-refractivity contribution in [3.05, 3.63) is 29.6 Å². The highest BCUT2D eigenvalue weighted by Gasteiger charge is 2.14. The van der Waals surface area contributed by atoms with Gasteiger partial charge in [0.1, 0.15) is 5.82 Å². The lowest BCUT2D eigenvalue weighted by Crippen LogP contribution is -2.33. The Hall–Kier alpha value is -0.740. The minimum atomic E-state index is -0.168. The van der Waals surface area contributed by atoms with E-state index in [1.54, 1.807) is 6.07 Å². The molecule has 2 N–H and O–H groups in total. The lowest BCUT2D eigenvalue weighted by molar-refractivity contribution is 0.624. The molecule has 2 rings (SSSR count). The largest absolute Gasteiger partial charge is 0.370 e. The minimum absolute atomic E-state index is 0.168. The van der Waals surface area contributed by atoms with Gasteiger partial charge >= 0.3 is 0 Å². The number of rotatable bonds is 3. The summed E-state index contributed by atoms with van der Waals surface area (Å²) < 4.78 is 13.2. The molecule has 1 fully saturated rings. The van der Waals surface area contributed by atoms with Gasteiger partial charge in [-0.3, -0.25) is 0 Å². The predicted octanol–water partition coefficient (Wildman–Crippen LogP) is 1.88. The minimum Gasteiger partial charge on any atom is -0.370 e. The molecule has 1 saturated heterocycles. The Morgan fingerprint density at radius 2 is 2.06 bits per heavy atom. The van der Waals surface area contributed by atoms with Crippen LogP contribution in [0.1, 0.15) is 5.56 Å². The summed E-state index contributed by atoms with van der Waals surface area (Å²) in [5.74, 6) is 2.14. The van der Waals surface area contributed by atoms with Crippen LogP contribution < -0.4 is 10.6 Å². The molecular formula is C12H17FN2S. The summed E-state index contributed by atoms with van der Waals surface area (Å²) in [4.78, 5) is 2.33. The molecule has 1 aromatic carbocycles. The fourth-order valence-electron chi connectivity index (χ4n) is 2.02. The number of anilines is 1.